The van der Waals surface area contributed by atoms with Gasteiger partial charge in [-0.1, -0.05) is 214 Å². The Morgan fingerprint density at radius 1 is 0.541 bits per heavy atom. The molecule has 0 radical (unpaired) electrons. The fourth-order valence-corrected chi connectivity index (χ4v) is 8.53. The van der Waals surface area contributed by atoms with Crippen molar-refractivity contribution in [2.75, 3.05) is 13.2 Å². The van der Waals surface area contributed by atoms with Crippen molar-refractivity contribution in [3.63, 3.8) is 0 Å². The van der Waals surface area contributed by atoms with Crippen LogP contribution < -0.4 is 5.32 Å². The predicted molar refractivity (Wildman–Crippen MR) is 305 cm³/mol. The summed E-state index contributed by atoms with van der Waals surface area (Å²) in [6, 6.07) is -1.05. The Balaban J connectivity index is 2.76. The number of aliphatic hydroxyl groups is 5. The molecule has 11 heteroatoms. The molecule has 8 unspecified atom stereocenters. The van der Waals surface area contributed by atoms with Gasteiger partial charge in [0.05, 0.1) is 25.4 Å². The number of allylic oxidation sites excluding steroid dienone is 15. The molecule has 1 heterocycles. The summed E-state index contributed by atoms with van der Waals surface area (Å²) in [5.41, 5.74) is 0. The maximum Gasteiger partial charge on any atom is 0.306 e. The van der Waals surface area contributed by atoms with Gasteiger partial charge in [0.25, 0.3) is 0 Å². The molecule has 1 saturated heterocycles. The van der Waals surface area contributed by atoms with Crippen molar-refractivity contribution >= 4 is 11.9 Å². The van der Waals surface area contributed by atoms with Crippen molar-refractivity contribution in [2.45, 2.75) is 275 Å². The van der Waals surface area contributed by atoms with Crippen LogP contribution in [0.3, 0.4) is 0 Å². The highest BCUT2D eigenvalue weighted by atomic mass is 16.7. The molecule has 0 bridgehead atoms. The van der Waals surface area contributed by atoms with Crippen LogP contribution in [0.4, 0.5) is 0 Å². The van der Waals surface area contributed by atoms with Crippen LogP contribution in [0.25, 0.3) is 0 Å². The molecule has 1 aliphatic rings. The molecule has 0 saturated carbocycles. The zero-order valence-electron chi connectivity index (χ0n) is 46.7. The lowest BCUT2D eigenvalue weighted by molar-refractivity contribution is -0.305. The summed E-state index contributed by atoms with van der Waals surface area (Å²) < 4.78 is 17.5. The van der Waals surface area contributed by atoms with E-state index < -0.39 is 67.4 Å². The fraction of sp³-hybridized carbons (Fsp3) is 0.714. The molecule has 0 aliphatic carbocycles. The molecule has 1 amide bonds. The lowest BCUT2D eigenvalue weighted by atomic mass is 9.99. The first-order valence-corrected chi connectivity index (χ1v) is 29.5. The third-order valence-corrected chi connectivity index (χ3v) is 13.2. The standard InChI is InChI=1S/C63H107NO10/c1-4-7-10-13-16-19-22-25-26-27-28-29-30-33-36-39-42-45-48-51-58(68)74-61-60(70)59(69)57(52-65)73-63(61)72-53-54(55(66)49-46-43-40-37-34-31-23-20-17-14-11-8-5-2)64-62(71)56(67)50-47-44-41-38-35-32-24-21-18-15-12-9-6-3/h9,12,16,18-19,21,25-26,28-29,32-33,35-36,46,49,54-57,59-61,63,65-67,69-70H,4-8,10-11,13-15,17,20,22-24,27,30-31,34,37-45,47-48,50-53H2,1-3H3,(H,64,71)/b12-9+,19-16-,21-18+,26-25-,29-28-,35-32+,36-33-,49-46+. The molecule has 0 aromatic carbocycles. The van der Waals surface area contributed by atoms with E-state index in [2.05, 4.69) is 111 Å². The minimum atomic E-state index is -1.64. The normalized spacial score (nSPS) is 20.0. The van der Waals surface area contributed by atoms with Crippen LogP contribution in [0.5, 0.6) is 0 Å². The van der Waals surface area contributed by atoms with E-state index in [4.69, 9.17) is 14.2 Å². The van der Waals surface area contributed by atoms with Gasteiger partial charge in [-0.15, -0.1) is 0 Å². The number of amides is 1. The van der Waals surface area contributed by atoms with Crippen molar-refractivity contribution in [2.24, 2.45) is 0 Å². The zero-order chi connectivity index (χ0) is 54.0. The molecule has 1 fully saturated rings. The van der Waals surface area contributed by atoms with Crippen molar-refractivity contribution < 1.29 is 49.3 Å². The molecule has 0 aromatic rings. The molecule has 11 nitrogen and oxygen atoms in total. The summed E-state index contributed by atoms with van der Waals surface area (Å²) >= 11 is 0. The van der Waals surface area contributed by atoms with Crippen LogP contribution >= 0.6 is 0 Å². The number of esters is 1. The smallest absolute Gasteiger partial charge is 0.306 e. The lowest BCUT2D eigenvalue weighted by Crippen LogP contribution is -2.61. The van der Waals surface area contributed by atoms with E-state index in [0.717, 1.165) is 103 Å². The van der Waals surface area contributed by atoms with E-state index in [1.54, 1.807) is 6.08 Å². The van der Waals surface area contributed by atoms with Gasteiger partial charge in [0.15, 0.2) is 12.4 Å². The quantitative estimate of drug-likeness (QED) is 0.0195. The maximum absolute atomic E-state index is 13.4. The van der Waals surface area contributed by atoms with Crippen LogP contribution in [-0.2, 0) is 23.8 Å². The van der Waals surface area contributed by atoms with Crippen molar-refractivity contribution in [1.82, 2.24) is 5.32 Å². The number of hydrogen-bond donors (Lipinski definition) is 6. The Morgan fingerprint density at radius 2 is 0.973 bits per heavy atom. The molecule has 0 aromatic heterocycles. The molecule has 1 aliphatic heterocycles. The first kappa shape index (κ1) is 68.6. The minimum Gasteiger partial charge on any atom is -0.454 e. The molecule has 0 spiro atoms. The number of aliphatic hydroxyl groups excluding tert-OH is 5. The summed E-state index contributed by atoms with van der Waals surface area (Å²) in [6.45, 7) is 5.59. The number of unbranched alkanes of at least 4 members (excludes halogenated alkanes) is 20. The summed E-state index contributed by atoms with van der Waals surface area (Å²) in [7, 11) is 0. The van der Waals surface area contributed by atoms with Crippen LogP contribution in [0, 0.1) is 0 Å². The first-order valence-electron chi connectivity index (χ1n) is 29.5. The van der Waals surface area contributed by atoms with E-state index >= 15 is 0 Å². The highest BCUT2D eigenvalue weighted by molar-refractivity contribution is 5.80. The number of hydrogen-bond acceptors (Lipinski definition) is 10. The summed E-state index contributed by atoms with van der Waals surface area (Å²) in [4.78, 5) is 26.5. The summed E-state index contributed by atoms with van der Waals surface area (Å²) in [6.07, 6.45) is 55.9. The third-order valence-electron chi connectivity index (χ3n) is 13.2. The molecular formula is C63H107NO10. The maximum atomic E-state index is 13.4. The van der Waals surface area contributed by atoms with E-state index in [1.165, 1.54) is 77.0 Å². The summed E-state index contributed by atoms with van der Waals surface area (Å²) in [5, 5.41) is 56.8. The SMILES string of the molecule is CC/C=C/C/C=C/C/C=C/CCCCCC(O)C(=O)NC(COC1OC(CO)C(O)C(O)C1OC(=O)CCCCC/C=C\C/C=C\C/C=C\C/C=C\CCCCC)C(O)/C=C/CCCCCCCCCCCCC. The van der Waals surface area contributed by atoms with Gasteiger partial charge < -0.3 is 45.1 Å². The number of nitrogens with one attached hydrogen (secondary N) is 1. The molecule has 74 heavy (non-hydrogen) atoms. The van der Waals surface area contributed by atoms with Gasteiger partial charge in [0, 0.05) is 6.42 Å². The Bertz CT molecular complexity index is 1570. The number of rotatable bonds is 48. The zero-order valence-corrected chi connectivity index (χ0v) is 46.7. The van der Waals surface area contributed by atoms with E-state index in [1.807, 2.05) is 6.08 Å². The third kappa shape index (κ3) is 38.2. The lowest BCUT2D eigenvalue weighted by Gasteiger charge is -2.41. The number of carbonyl (C=O) groups is 2. The van der Waals surface area contributed by atoms with Crippen molar-refractivity contribution in [3.8, 4) is 0 Å². The average Bonchev–Trinajstić information content (AvgIpc) is 3.40. The second-order valence-electron chi connectivity index (χ2n) is 20.0. The molecule has 6 N–H and O–H groups in total. The Labute approximate surface area is 450 Å². The van der Waals surface area contributed by atoms with Crippen LogP contribution in [0.1, 0.15) is 226 Å². The molecular weight excluding hydrogens is 931 g/mol. The van der Waals surface area contributed by atoms with Gasteiger partial charge >= 0.3 is 5.97 Å². The fourth-order valence-electron chi connectivity index (χ4n) is 8.53. The second-order valence-corrected chi connectivity index (χ2v) is 20.0. The average molecular weight is 1040 g/mol. The van der Waals surface area contributed by atoms with Crippen molar-refractivity contribution in [3.05, 3.63) is 97.2 Å². The van der Waals surface area contributed by atoms with Gasteiger partial charge in [0.2, 0.25) is 5.91 Å². The predicted octanol–water partition coefficient (Wildman–Crippen LogP) is 13.6. The van der Waals surface area contributed by atoms with Gasteiger partial charge in [-0.3, -0.25) is 9.59 Å². The molecule has 8 atom stereocenters. The summed E-state index contributed by atoms with van der Waals surface area (Å²) in [5.74, 6) is -1.26. The Hall–Kier alpha value is -3.42. The van der Waals surface area contributed by atoms with Gasteiger partial charge in [0.1, 0.15) is 24.4 Å². The molecule has 424 valence electrons. The topological polar surface area (TPSA) is 175 Å². The van der Waals surface area contributed by atoms with Crippen LogP contribution in [-0.4, -0.2) is 99.6 Å². The molecule has 1 rings (SSSR count). The monoisotopic (exact) mass is 1040 g/mol. The van der Waals surface area contributed by atoms with Crippen LogP contribution in [0.2, 0.25) is 0 Å². The van der Waals surface area contributed by atoms with Gasteiger partial charge in [-0.05, 0) is 103 Å². The van der Waals surface area contributed by atoms with Crippen molar-refractivity contribution in [1.29, 1.82) is 0 Å². The highest BCUT2D eigenvalue weighted by Gasteiger charge is 2.47. The van der Waals surface area contributed by atoms with E-state index in [9.17, 15) is 35.1 Å². The number of ether oxygens (including phenoxy) is 3. The number of carbonyl (C=O) groups excluding carboxylic acids is 2. The van der Waals surface area contributed by atoms with E-state index in [-0.39, 0.29) is 19.4 Å². The van der Waals surface area contributed by atoms with Gasteiger partial charge in [-0.25, -0.2) is 0 Å². The largest absolute Gasteiger partial charge is 0.454 e. The first-order chi connectivity index (χ1) is 36.2. The Morgan fingerprint density at radius 3 is 1.49 bits per heavy atom. The second kappa shape index (κ2) is 50.4. The Kier molecular flexibility index (Phi) is 46.7. The minimum absolute atomic E-state index is 0.0784. The van der Waals surface area contributed by atoms with Crippen LogP contribution in [0.15, 0.2) is 97.2 Å². The van der Waals surface area contributed by atoms with E-state index in [0.29, 0.717) is 12.8 Å². The van der Waals surface area contributed by atoms with Gasteiger partial charge in [-0.2, -0.15) is 0 Å². The highest BCUT2D eigenvalue weighted by Crippen LogP contribution is 2.26.